The number of hydrogen-bond acceptors (Lipinski definition) is 2. The lowest BCUT2D eigenvalue weighted by atomic mass is 10.0. The molecule has 2 heteroatoms. The molecule has 0 radical (unpaired) electrons. The smallest absolute Gasteiger partial charge is 0.310 e. The second-order valence-corrected chi connectivity index (χ2v) is 5.18. The van der Waals surface area contributed by atoms with Gasteiger partial charge in [-0.1, -0.05) is 18.2 Å². The predicted octanol–water partition coefficient (Wildman–Crippen LogP) is 3.19. The van der Waals surface area contributed by atoms with Gasteiger partial charge in [-0.3, -0.25) is 4.79 Å². The summed E-state index contributed by atoms with van der Waals surface area (Å²) in [5.74, 6) is -0.171. The van der Waals surface area contributed by atoms with Crippen molar-refractivity contribution in [1.82, 2.24) is 0 Å². The van der Waals surface area contributed by atoms with Gasteiger partial charge in [0.05, 0.1) is 6.42 Å². The van der Waals surface area contributed by atoms with Crippen LogP contribution in [-0.4, -0.2) is 11.6 Å². The Morgan fingerprint density at radius 3 is 2.31 bits per heavy atom. The van der Waals surface area contributed by atoms with Gasteiger partial charge in [0.1, 0.15) is 5.60 Å². The van der Waals surface area contributed by atoms with Gasteiger partial charge >= 0.3 is 5.97 Å². The normalized spacial score (nSPS) is 11.3. The molecule has 0 bridgehead atoms. The highest BCUT2D eigenvalue weighted by Crippen LogP contribution is 2.13. The molecule has 0 amide bonds. The topological polar surface area (TPSA) is 26.3 Å². The number of esters is 1. The van der Waals surface area contributed by atoms with Crippen LogP contribution in [0.3, 0.4) is 0 Å². The summed E-state index contributed by atoms with van der Waals surface area (Å²) in [7, 11) is 0. The minimum atomic E-state index is -0.406. The van der Waals surface area contributed by atoms with Crippen LogP contribution >= 0.6 is 0 Å². The highest BCUT2D eigenvalue weighted by Gasteiger charge is 2.16. The highest BCUT2D eigenvalue weighted by atomic mass is 16.6. The van der Waals surface area contributed by atoms with E-state index in [1.807, 2.05) is 45.9 Å². The molecule has 0 aliphatic heterocycles. The highest BCUT2D eigenvalue weighted by molar-refractivity contribution is 5.73. The number of rotatable bonds is 2. The van der Waals surface area contributed by atoms with Crippen LogP contribution in [0.4, 0.5) is 0 Å². The van der Waals surface area contributed by atoms with Crippen LogP contribution in [0.1, 0.15) is 37.5 Å². The number of ether oxygens (including phenoxy) is 1. The molecule has 0 saturated heterocycles. The van der Waals surface area contributed by atoms with Gasteiger partial charge in [0.2, 0.25) is 0 Å². The van der Waals surface area contributed by atoms with E-state index in [0.29, 0.717) is 6.42 Å². The van der Waals surface area contributed by atoms with E-state index < -0.39 is 5.60 Å². The summed E-state index contributed by atoms with van der Waals surface area (Å²) >= 11 is 0. The van der Waals surface area contributed by atoms with Crippen LogP contribution in [0.15, 0.2) is 18.2 Å². The van der Waals surface area contributed by atoms with Crippen LogP contribution in [0.5, 0.6) is 0 Å². The third-order valence-electron chi connectivity index (χ3n) is 2.34. The zero-order valence-corrected chi connectivity index (χ0v) is 10.8. The first-order valence-electron chi connectivity index (χ1n) is 5.56. The van der Waals surface area contributed by atoms with Gasteiger partial charge in [-0.15, -0.1) is 0 Å². The monoisotopic (exact) mass is 220 g/mol. The fourth-order valence-electron chi connectivity index (χ4n) is 1.46. The first-order valence-corrected chi connectivity index (χ1v) is 5.56. The molecule has 0 spiro atoms. The summed E-state index contributed by atoms with van der Waals surface area (Å²) in [6.45, 7) is 9.75. The lowest BCUT2D eigenvalue weighted by molar-refractivity contribution is -0.153. The number of aryl methyl sites for hydroxylation is 2. The van der Waals surface area contributed by atoms with E-state index in [1.165, 1.54) is 11.1 Å². The summed E-state index contributed by atoms with van der Waals surface area (Å²) in [5, 5.41) is 0. The van der Waals surface area contributed by atoms with Crippen LogP contribution in [-0.2, 0) is 16.0 Å². The lowest BCUT2D eigenvalue weighted by Crippen LogP contribution is -2.24. The molecule has 1 aromatic rings. The van der Waals surface area contributed by atoms with Crippen LogP contribution in [0.25, 0.3) is 0 Å². The van der Waals surface area contributed by atoms with Crippen LogP contribution in [0.2, 0.25) is 0 Å². The maximum atomic E-state index is 11.6. The number of hydrogen-bond donors (Lipinski definition) is 0. The van der Waals surface area contributed by atoms with Crippen LogP contribution < -0.4 is 0 Å². The standard InChI is InChI=1S/C14H20O2/c1-10-6-7-12(8-11(10)2)9-13(15)16-14(3,4)5/h6-8H,9H2,1-5H3. The van der Waals surface area contributed by atoms with Crippen molar-refractivity contribution in [3.05, 3.63) is 34.9 Å². The molecule has 0 N–H and O–H groups in total. The van der Waals surface area contributed by atoms with Crippen molar-refractivity contribution in [2.24, 2.45) is 0 Å². The van der Waals surface area contributed by atoms with E-state index in [2.05, 4.69) is 6.92 Å². The summed E-state index contributed by atoms with van der Waals surface area (Å²) in [4.78, 5) is 11.6. The first-order chi connectivity index (χ1) is 7.28. The largest absolute Gasteiger partial charge is 0.460 e. The van der Waals surface area contributed by atoms with Gasteiger partial charge < -0.3 is 4.74 Å². The van der Waals surface area contributed by atoms with Gasteiger partial charge in [0.25, 0.3) is 0 Å². The van der Waals surface area contributed by atoms with Crippen molar-refractivity contribution in [3.63, 3.8) is 0 Å². The zero-order chi connectivity index (χ0) is 12.3. The Balaban J connectivity index is 2.67. The molecule has 0 saturated carbocycles. The van der Waals surface area contributed by atoms with Gasteiger partial charge in [0, 0.05) is 0 Å². The van der Waals surface area contributed by atoms with Gasteiger partial charge in [-0.2, -0.15) is 0 Å². The molecule has 1 aromatic carbocycles. The SMILES string of the molecule is Cc1ccc(CC(=O)OC(C)(C)C)cc1C. The molecule has 0 unspecified atom stereocenters. The minimum absolute atomic E-state index is 0.171. The summed E-state index contributed by atoms with van der Waals surface area (Å²) < 4.78 is 5.27. The maximum absolute atomic E-state index is 11.6. The van der Waals surface area contributed by atoms with Crippen molar-refractivity contribution in [1.29, 1.82) is 0 Å². The fraction of sp³-hybridized carbons (Fsp3) is 0.500. The molecule has 0 fully saturated rings. The van der Waals surface area contributed by atoms with Crippen molar-refractivity contribution >= 4 is 5.97 Å². The number of carbonyl (C=O) groups is 1. The Kier molecular flexibility index (Phi) is 3.74. The third-order valence-corrected chi connectivity index (χ3v) is 2.34. The summed E-state index contributed by atoms with van der Waals surface area (Å²) in [6.07, 6.45) is 0.346. The van der Waals surface area contributed by atoms with Crippen molar-refractivity contribution in [3.8, 4) is 0 Å². The number of benzene rings is 1. The predicted molar refractivity (Wildman–Crippen MR) is 65.5 cm³/mol. The van der Waals surface area contributed by atoms with Crippen molar-refractivity contribution in [2.45, 2.75) is 46.6 Å². The Hall–Kier alpha value is -1.31. The number of carbonyl (C=O) groups excluding carboxylic acids is 1. The third kappa shape index (κ3) is 4.05. The molecule has 0 atom stereocenters. The molecule has 16 heavy (non-hydrogen) atoms. The molecule has 88 valence electrons. The minimum Gasteiger partial charge on any atom is -0.460 e. The summed E-state index contributed by atoms with van der Waals surface area (Å²) in [6, 6.07) is 6.06. The molecule has 0 aliphatic rings. The van der Waals surface area contributed by atoms with E-state index >= 15 is 0 Å². The van der Waals surface area contributed by atoms with E-state index in [9.17, 15) is 4.79 Å². The Morgan fingerprint density at radius 2 is 1.81 bits per heavy atom. The fourth-order valence-corrected chi connectivity index (χ4v) is 1.46. The molecule has 0 aliphatic carbocycles. The summed E-state index contributed by atoms with van der Waals surface area (Å²) in [5.41, 5.74) is 3.06. The Morgan fingerprint density at radius 1 is 1.19 bits per heavy atom. The first kappa shape index (κ1) is 12.8. The van der Waals surface area contributed by atoms with Gasteiger partial charge in [-0.25, -0.2) is 0 Å². The van der Waals surface area contributed by atoms with E-state index in [-0.39, 0.29) is 5.97 Å². The lowest BCUT2D eigenvalue weighted by Gasteiger charge is -2.19. The zero-order valence-electron chi connectivity index (χ0n) is 10.8. The average Bonchev–Trinajstić information content (AvgIpc) is 2.08. The molecule has 0 aromatic heterocycles. The quantitative estimate of drug-likeness (QED) is 0.715. The van der Waals surface area contributed by atoms with Crippen LogP contribution in [0, 0.1) is 13.8 Å². The Bertz CT molecular complexity index is 386. The molecule has 0 heterocycles. The van der Waals surface area contributed by atoms with E-state index in [1.54, 1.807) is 0 Å². The second-order valence-electron chi connectivity index (χ2n) is 5.18. The Labute approximate surface area is 97.6 Å². The maximum Gasteiger partial charge on any atom is 0.310 e. The average molecular weight is 220 g/mol. The second kappa shape index (κ2) is 4.69. The van der Waals surface area contributed by atoms with E-state index in [0.717, 1.165) is 5.56 Å². The van der Waals surface area contributed by atoms with Crippen molar-refractivity contribution < 1.29 is 9.53 Å². The van der Waals surface area contributed by atoms with Gasteiger partial charge in [0.15, 0.2) is 0 Å². The van der Waals surface area contributed by atoms with E-state index in [4.69, 9.17) is 4.74 Å². The molecule has 1 rings (SSSR count). The molecule has 2 nitrogen and oxygen atoms in total. The molecular weight excluding hydrogens is 200 g/mol. The van der Waals surface area contributed by atoms with Gasteiger partial charge in [-0.05, 0) is 51.3 Å². The molecular formula is C14H20O2. The van der Waals surface area contributed by atoms with Crippen molar-refractivity contribution in [2.75, 3.05) is 0 Å².